The van der Waals surface area contributed by atoms with Crippen LogP contribution in [-0.4, -0.2) is 11.3 Å². The number of halogens is 1. The van der Waals surface area contributed by atoms with Gasteiger partial charge >= 0.3 is 0 Å². The maximum absolute atomic E-state index is 11.4. The summed E-state index contributed by atoms with van der Waals surface area (Å²) in [5, 5.41) is 0.491. The van der Waals surface area contributed by atoms with Crippen molar-refractivity contribution in [3.05, 3.63) is 0 Å². The van der Waals surface area contributed by atoms with Crippen LogP contribution in [0.15, 0.2) is 0 Å². The maximum atomic E-state index is 11.4. The van der Waals surface area contributed by atoms with E-state index >= 15 is 0 Å². The minimum absolute atomic E-state index is 0.241. The molecule has 1 unspecified atom stereocenters. The molecule has 44 valence electrons. The van der Waals surface area contributed by atoms with Crippen LogP contribution in [0.5, 0.6) is 0 Å². The number of hydrogen-bond donors (Lipinski definition) is 0. The van der Waals surface area contributed by atoms with E-state index in [0.717, 1.165) is 6.42 Å². The zero-order valence-corrected chi connectivity index (χ0v) is 5.59. The Morgan fingerprint density at radius 2 is 2.29 bits per heavy atom. The first kappa shape index (κ1) is 7.28. The minimum Gasteiger partial charge on any atom is -0.239 e. The molecule has 2 heteroatoms. The van der Waals surface area contributed by atoms with Crippen LogP contribution in [-0.2, 0) is 0 Å². The van der Waals surface area contributed by atoms with E-state index in [4.69, 9.17) is 0 Å². The normalized spacial score (nSPS) is 14.1. The SMILES string of the molecule is CCC(C)SCF. The molecule has 7 heavy (non-hydrogen) atoms. The topological polar surface area (TPSA) is 0 Å². The molecule has 0 aromatic heterocycles. The molecular formula is C5H11FS. The summed E-state index contributed by atoms with van der Waals surface area (Å²) in [4.78, 5) is 0. The fourth-order valence-corrected chi connectivity index (χ4v) is 0.676. The van der Waals surface area contributed by atoms with E-state index in [1.807, 2.05) is 6.92 Å². The van der Waals surface area contributed by atoms with E-state index in [1.54, 1.807) is 0 Å². The van der Waals surface area contributed by atoms with Gasteiger partial charge in [-0.1, -0.05) is 13.8 Å². The average Bonchev–Trinajstić information content (AvgIpc) is 1.68. The molecule has 0 radical (unpaired) electrons. The molecule has 0 fully saturated rings. The van der Waals surface area contributed by atoms with Crippen molar-refractivity contribution in [1.29, 1.82) is 0 Å². The van der Waals surface area contributed by atoms with Gasteiger partial charge in [0.15, 0.2) is 0 Å². The molecule has 0 aliphatic carbocycles. The Bertz CT molecular complexity index is 39.1. The second kappa shape index (κ2) is 4.44. The first-order valence-corrected chi connectivity index (χ1v) is 3.53. The molecule has 0 heterocycles. The van der Waals surface area contributed by atoms with Gasteiger partial charge < -0.3 is 0 Å². The zero-order chi connectivity index (χ0) is 5.70. The van der Waals surface area contributed by atoms with Crippen LogP contribution in [0.3, 0.4) is 0 Å². The van der Waals surface area contributed by atoms with Crippen molar-refractivity contribution in [1.82, 2.24) is 0 Å². The van der Waals surface area contributed by atoms with Gasteiger partial charge in [0.2, 0.25) is 0 Å². The van der Waals surface area contributed by atoms with Crippen LogP contribution >= 0.6 is 11.8 Å². The fourth-order valence-electron chi connectivity index (χ4n) is 0.225. The summed E-state index contributed by atoms with van der Waals surface area (Å²) in [5.41, 5.74) is 0. The van der Waals surface area contributed by atoms with E-state index in [9.17, 15) is 4.39 Å². The highest BCUT2D eigenvalue weighted by Gasteiger charge is 1.94. The summed E-state index contributed by atoms with van der Waals surface area (Å²) in [6.07, 6.45) is 1.06. The molecule has 0 aromatic carbocycles. The Hall–Kier alpha value is 0.280. The van der Waals surface area contributed by atoms with Gasteiger partial charge in [-0.05, 0) is 6.42 Å². The molecule has 0 amide bonds. The number of rotatable bonds is 3. The summed E-state index contributed by atoms with van der Waals surface area (Å²) in [6.45, 7) is 4.09. The molecular weight excluding hydrogens is 111 g/mol. The maximum Gasteiger partial charge on any atom is 0.135 e. The summed E-state index contributed by atoms with van der Waals surface area (Å²) in [5.74, 6) is 0. The van der Waals surface area contributed by atoms with Crippen molar-refractivity contribution in [3.63, 3.8) is 0 Å². The standard InChI is InChI=1S/C5H11FS/c1-3-5(2)7-4-6/h5H,3-4H2,1-2H3. The average molecular weight is 122 g/mol. The molecule has 0 nitrogen and oxygen atoms in total. The van der Waals surface area contributed by atoms with Crippen LogP contribution in [0.4, 0.5) is 4.39 Å². The zero-order valence-electron chi connectivity index (χ0n) is 4.78. The van der Waals surface area contributed by atoms with Crippen LogP contribution in [0.1, 0.15) is 20.3 Å². The third kappa shape index (κ3) is 4.13. The second-order valence-electron chi connectivity index (χ2n) is 1.49. The van der Waals surface area contributed by atoms with Gasteiger partial charge in [0.1, 0.15) is 6.01 Å². The minimum atomic E-state index is -0.241. The van der Waals surface area contributed by atoms with Crippen LogP contribution < -0.4 is 0 Å². The highest BCUT2D eigenvalue weighted by atomic mass is 32.2. The highest BCUT2D eigenvalue weighted by Crippen LogP contribution is 2.12. The molecule has 0 saturated carbocycles. The molecule has 0 aliphatic rings. The van der Waals surface area contributed by atoms with Crippen molar-refractivity contribution in [2.75, 3.05) is 6.01 Å². The number of alkyl halides is 1. The van der Waals surface area contributed by atoms with E-state index in [1.165, 1.54) is 11.8 Å². The Morgan fingerprint density at radius 1 is 1.71 bits per heavy atom. The Kier molecular flexibility index (Phi) is 4.62. The van der Waals surface area contributed by atoms with Gasteiger partial charge in [0.05, 0.1) is 0 Å². The lowest BCUT2D eigenvalue weighted by Crippen LogP contribution is -1.90. The Morgan fingerprint density at radius 3 is 2.43 bits per heavy atom. The molecule has 0 rings (SSSR count). The molecule has 0 saturated heterocycles. The Labute approximate surface area is 48.5 Å². The summed E-state index contributed by atoms with van der Waals surface area (Å²) < 4.78 is 11.4. The van der Waals surface area contributed by atoms with Gasteiger partial charge in [-0.15, -0.1) is 11.8 Å². The van der Waals surface area contributed by atoms with Gasteiger partial charge in [-0.25, -0.2) is 4.39 Å². The summed E-state index contributed by atoms with van der Waals surface area (Å²) in [6, 6.07) is -0.241. The van der Waals surface area contributed by atoms with Crippen LogP contribution in [0.25, 0.3) is 0 Å². The predicted octanol–water partition coefficient (Wildman–Crippen LogP) is 2.45. The smallest absolute Gasteiger partial charge is 0.135 e. The van der Waals surface area contributed by atoms with Gasteiger partial charge in [-0.3, -0.25) is 0 Å². The first-order valence-electron chi connectivity index (χ1n) is 2.48. The van der Waals surface area contributed by atoms with Crippen molar-refractivity contribution in [2.45, 2.75) is 25.5 Å². The third-order valence-electron chi connectivity index (χ3n) is 0.922. The first-order chi connectivity index (χ1) is 3.31. The van der Waals surface area contributed by atoms with Gasteiger partial charge in [-0.2, -0.15) is 0 Å². The molecule has 0 aliphatic heterocycles. The lowest BCUT2D eigenvalue weighted by molar-refractivity contribution is 0.603. The predicted molar refractivity (Wildman–Crippen MR) is 33.3 cm³/mol. The molecule has 0 bridgehead atoms. The largest absolute Gasteiger partial charge is 0.239 e. The summed E-state index contributed by atoms with van der Waals surface area (Å²) in [7, 11) is 0. The molecule has 0 N–H and O–H groups in total. The van der Waals surface area contributed by atoms with Crippen LogP contribution in [0, 0.1) is 0 Å². The number of hydrogen-bond acceptors (Lipinski definition) is 1. The lowest BCUT2D eigenvalue weighted by atomic mass is 10.4. The third-order valence-corrected chi connectivity index (χ3v) is 1.95. The molecule has 0 aromatic rings. The van der Waals surface area contributed by atoms with E-state index in [2.05, 4.69) is 6.92 Å². The van der Waals surface area contributed by atoms with E-state index in [0.29, 0.717) is 5.25 Å². The fraction of sp³-hybridized carbons (Fsp3) is 1.00. The second-order valence-corrected chi connectivity index (χ2v) is 2.85. The van der Waals surface area contributed by atoms with E-state index in [-0.39, 0.29) is 6.01 Å². The molecule has 1 atom stereocenters. The highest BCUT2D eigenvalue weighted by molar-refractivity contribution is 7.99. The monoisotopic (exact) mass is 122 g/mol. The van der Waals surface area contributed by atoms with Crippen molar-refractivity contribution in [3.8, 4) is 0 Å². The van der Waals surface area contributed by atoms with E-state index < -0.39 is 0 Å². The van der Waals surface area contributed by atoms with Crippen molar-refractivity contribution < 1.29 is 4.39 Å². The van der Waals surface area contributed by atoms with Crippen LogP contribution in [0.2, 0.25) is 0 Å². The van der Waals surface area contributed by atoms with Crippen molar-refractivity contribution in [2.24, 2.45) is 0 Å². The lowest BCUT2D eigenvalue weighted by Gasteiger charge is -2.00. The Balaban J connectivity index is 2.83. The quantitative estimate of drug-likeness (QED) is 0.554. The van der Waals surface area contributed by atoms with Gasteiger partial charge in [0, 0.05) is 5.25 Å². The number of thioether (sulfide) groups is 1. The van der Waals surface area contributed by atoms with Crippen molar-refractivity contribution >= 4 is 11.8 Å². The van der Waals surface area contributed by atoms with Gasteiger partial charge in [0.25, 0.3) is 0 Å². The summed E-state index contributed by atoms with van der Waals surface area (Å²) >= 11 is 1.36. The molecule has 0 spiro atoms.